The van der Waals surface area contributed by atoms with E-state index in [9.17, 15) is 4.79 Å². The number of hydrogen-bond donors (Lipinski definition) is 0. The van der Waals surface area contributed by atoms with Crippen LogP contribution >= 0.6 is 11.6 Å². The van der Waals surface area contributed by atoms with Gasteiger partial charge in [0.05, 0.1) is 6.20 Å². The summed E-state index contributed by atoms with van der Waals surface area (Å²) in [6.07, 6.45) is 11.2. The molecule has 3 heterocycles. The topological polar surface area (TPSA) is 78.0 Å². The molecule has 0 atom stereocenters. The Morgan fingerprint density at radius 3 is 2.72 bits per heavy atom. The molecule has 0 unspecified atom stereocenters. The zero-order valence-electron chi connectivity index (χ0n) is 15.8. The number of halogens is 1. The summed E-state index contributed by atoms with van der Waals surface area (Å²) in [5, 5.41) is 13.5. The smallest absolute Gasteiger partial charge is 0.283 e. The van der Waals surface area contributed by atoms with Crippen molar-refractivity contribution in [3.8, 4) is 11.1 Å². The molecule has 1 aliphatic rings. The molecule has 0 bridgehead atoms. The minimum Gasteiger partial charge on any atom is -0.297 e. The van der Waals surface area contributed by atoms with Gasteiger partial charge < -0.3 is 0 Å². The van der Waals surface area contributed by atoms with E-state index in [0.29, 0.717) is 22.9 Å². The Labute approximate surface area is 171 Å². The molecule has 1 aromatic carbocycles. The molecule has 0 aliphatic heterocycles. The number of fused-ring (bicyclic) bond motifs is 3. The predicted octanol–water partition coefficient (Wildman–Crippen LogP) is 4.05. The summed E-state index contributed by atoms with van der Waals surface area (Å²) in [6, 6.07) is 7.42. The highest BCUT2D eigenvalue weighted by Gasteiger charge is 2.15. The van der Waals surface area contributed by atoms with Crippen LogP contribution in [0.4, 0.5) is 0 Å². The van der Waals surface area contributed by atoms with Crippen LogP contribution in [0.3, 0.4) is 0 Å². The van der Waals surface area contributed by atoms with Crippen molar-refractivity contribution in [1.29, 1.82) is 0 Å². The van der Waals surface area contributed by atoms with Gasteiger partial charge in [-0.2, -0.15) is 9.61 Å². The molecule has 0 saturated carbocycles. The van der Waals surface area contributed by atoms with E-state index in [-0.39, 0.29) is 11.1 Å². The number of aryl methyl sites for hydroxylation is 1. The third-order valence-electron chi connectivity index (χ3n) is 5.40. The lowest BCUT2D eigenvalue weighted by Crippen LogP contribution is -2.23. The van der Waals surface area contributed by atoms with Crippen molar-refractivity contribution in [2.45, 2.75) is 38.6 Å². The fraction of sp³-hybridized carbons (Fsp3) is 0.286. The molecule has 146 valence electrons. The summed E-state index contributed by atoms with van der Waals surface area (Å²) in [6.45, 7) is 0.600. The van der Waals surface area contributed by atoms with Gasteiger partial charge in [0.15, 0.2) is 16.8 Å². The van der Waals surface area contributed by atoms with Crippen molar-refractivity contribution in [3.63, 3.8) is 0 Å². The number of aromatic nitrogens is 6. The van der Waals surface area contributed by atoms with E-state index in [0.717, 1.165) is 30.4 Å². The van der Waals surface area contributed by atoms with Crippen LogP contribution in [0.2, 0.25) is 5.02 Å². The molecule has 8 heteroatoms. The molecule has 0 radical (unpaired) electrons. The van der Waals surface area contributed by atoms with Crippen molar-refractivity contribution in [3.05, 3.63) is 63.8 Å². The van der Waals surface area contributed by atoms with Crippen molar-refractivity contribution in [2.75, 3.05) is 0 Å². The monoisotopic (exact) mass is 406 g/mol. The van der Waals surface area contributed by atoms with Gasteiger partial charge in [-0.15, -0.1) is 10.2 Å². The third kappa shape index (κ3) is 3.31. The van der Waals surface area contributed by atoms with Gasteiger partial charge in [-0.1, -0.05) is 35.4 Å². The molecule has 3 aromatic heterocycles. The van der Waals surface area contributed by atoms with E-state index in [2.05, 4.69) is 26.4 Å². The number of hydrogen-bond acceptors (Lipinski definition) is 5. The Morgan fingerprint density at radius 2 is 1.93 bits per heavy atom. The zero-order chi connectivity index (χ0) is 19.8. The van der Waals surface area contributed by atoms with E-state index >= 15 is 0 Å². The lowest BCUT2D eigenvalue weighted by Gasteiger charge is -2.13. The Hall–Kier alpha value is -3.06. The van der Waals surface area contributed by atoms with E-state index in [1.54, 1.807) is 21.6 Å². The van der Waals surface area contributed by atoms with Gasteiger partial charge in [-0.05, 0) is 49.8 Å². The highest BCUT2D eigenvalue weighted by atomic mass is 35.5. The summed E-state index contributed by atoms with van der Waals surface area (Å²) in [5.74, 6) is 0. The minimum absolute atomic E-state index is 0.190. The number of rotatable bonds is 4. The van der Waals surface area contributed by atoms with Gasteiger partial charge >= 0.3 is 0 Å². The molecule has 0 spiro atoms. The Balaban J connectivity index is 1.53. The van der Waals surface area contributed by atoms with E-state index in [1.807, 2.05) is 24.3 Å². The van der Waals surface area contributed by atoms with Gasteiger partial charge in [0.2, 0.25) is 0 Å². The molecule has 1 aliphatic carbocycles. The van der Waals surface area contributed by atoms with Crippen LogP contribution in [-0.2, 0) is 6.54 Å². The van der Waals surface area contributed by atoms with Gasteiger partial charge in [0.25, 0.3) is 5.56 Å². The van der Waals surface area contributed by atoms with Gasteiger partial charge in [-0.25, -0.2) is 4.98 Å². The van der Waals surface area contributed by atoms with Gasteiger partial charge in [0.1, 0.15) is 6.33 Å². The maximum absolute atomic E-state index is 12.9. The van der Waals surface area contributed by atoms with Gasteiger partial charge in [-0.3, -0.25) is 9.36 Å². The zero-order valence-corrected chi connectivity index (χ0v) is 16.5. The second kappa shape index (κ2) is 7.40. The maximum Gasteiger partial charge on any atom is 0.283 e. The van der Waals surface area contributed by atoms with Crippen LogP contribution in [0.1, 0.15) is 32.1 Å². The molecule has 29 heavy (non-hydrogen) atoms. The number of nitrogens with zero attached hydrogens (tertiary/aromatic N) is 6. The normalized spacial score (nSPS) is 14.4. The maximum atomic E-state index is 12.9. The summed E-state index contributed by atoms with van der Waals surface area (Å²) >= 11 is 5.98. The average Bonchev–Trinajstić information content (AvgIpc) is 3.19. The van der Waals surface area contributed by atoms with Crippen LogP contribution in [0.5, 0.6) is 0 Å². The quantitative estimate of drug-likeness (QED) is 0.478. The second-order valence-electron chi connectivity index (χ2n) is 7.27. The molecule has 0 amide bonds. The fourth-order valence-electron chi connectivity index (χ4n) is 3.79. The van der Waals surface area contributed by atoms with Crippen LogP contribution in [0.25, 0.3) is 27.9 Å². The summed E-state index contributed by atoms with van der Waals surface area (Å²) in [5.41, 5.74) is 4.15. The van der Waals surface area contributed by atoms with Crippen LogP contribution < -0.4 is 5.56 Å². The fourth-order valence-corrected chi connectivity index (χ4v) is 3.92. The molecule has 5 rings (SSSR count). The van der Waals surface area contributed by atoms with Crippen LogP contribution in [-0.4, -0.2) is 29.4 Å². The molecule has 0 fully saturated rings. The van der Waals surface area contributed by atoms with E-state index < -0.39 is 0 Å². The van der Waals surface area contributed by atoms with Gasteiger partial charge in [0, 0.05) is 17.1 Å². The lowest BCUT2D eigenvalue weighted by molar-refractivity contribution is 0.609. The van der Waals surface area contributed by atoms with Crippen molar-refractivity contribution < 1.29 is 0 Å². The third-order valence-corrected chi connectivity index (χ3v) is 5.65. The average molecular weight is 407 g/mol. The molecule has 0 N–H and O–H groups in total. The SMILES string of the molecule is O=c1c2nnc3c(-c4ccc(Cl)cc4)cnn3c2ncn1CCC1=CCCCC1. The highest BCUT2D eigenvalue weighted by molar-refractivity contribution is 6.30. The Kier molecular flexibility index (Phi) is 4.60. The first kappa shape index (κ1) is 18.0. The molecule has 4 aromatic rings. The summed E-state index contributed by atoms with van der Waals surface area (Å²) < 4.78 is 3.18. The lowest BCUT2D eigenvalue weighted by atomic mass is 9.97. The van der Waals surface area contributed by atoms with Crippen LogP contribution in [0.15, 0.2) is 53.2 Å². The second-order valence-corrected chi connectivity index (χ2v) is 7.71. The first-order valence-corrected chi connectivity index (χ1v) is 10.1. The largest absolute Gasteiger partial charge is 0.297 e. The molecular weight excluding hydrogens is 388 g/mol. The number of allylic oxidation sites excluding steroid dienone is 2. The standard InChI is InChI=1S/C21H19ClN6O/c22-16-8-6-15(7-9-16)17-12-24-28-19(17)26-25-18-20(28)23-13-27(21(18)29)11-10-14-4-2-1-3-5-14/h4,6-9,12-13H,1-3,5,10-11H2. The first-order chi connectivity index (χ1) is 14.2. The Bertz CT molecular complexity index is 1290. The number of benzene rings is 1. The molecular formula is C21H19ClN6O. The minimum atomic E-state index is -0.190. The predicted molar refractivity (Wildman–Crippen MR) is 112 cm³/mol. The Morgan fingerprint density at radius 1 is 1.07 bits per heavy atom. The van der Waals surface area contributed by atoms with Crippen molar-refractivity contribution in [1.82, 2.24) is 29.4 Å². The summed E-state index contributed by atoms with van der Waals surface area (Å²) in [4.78, 5) is 17.4. The van der Waals surface area contributed by atoms with Crippen molar-refractivity contribution >= 4 is 28.4 Å². The van der Waals surface area contributed by atoms with E-state index in [1.165, 1.54) is 18.4 Å². The van der Waals surface area contributed by atoms with E-state index in [4.69, 9.17) is 11.6 Å². The molecule has 0 saturated heterocycles. The molecule has 7 nitrogen and oxygen atoms in total. The van der Waals surface area contributed by atoms with Crippen molar-refractivity contribution in [2.24, 2.45) is 0 Å². The summed E-state index contributed by atoms with van der Waals surface area (Å²) in [7, 11) is 0. The van der Waals surface area contributed by atoms with Crippen LogP contribution in [0, 0.1) is 0 Å². The first-order valence-electron chi connectivity index (χ1n) is 9.74. The highest BCUT2D eigenvalue weighted by Crippen LogP contribution is 2.25.